The molecule has 172 valence electrons. The molecule has 1 saturated carbocycles. The highest BCUT2D eigenvalue weighted by atomic mass is 16.5. The molecule has 2 bridgehead atoms. The number of nitrogens with zero attached hydrogens (tertiary/aromatic N) is 1. The molecule has 0 atom stereocenters. The van der Waals surface area contributed by atoms with Gasteiger partial charge in [-0.2, -0.15) is 0 Å². The number of rotatable bonds is 7. The zero-order valence-corrected chi connectivity index (χ0v) is 18.7. The fourth-order valence-electron chi connectivity index (χ4n) is 6.00. The van der Waals surface area contributed by atoms with Gasteiger partial charge in [0.2, 0.25) is 5.91 Å². The smallest absolute Gasteiger partial charge is 0.407 e. The van der Waals surface area contributed by atoms with Gasteiger partial charge in [0, 0.05) is 25.4 Å². The predicted octanol–water partition coefficient (Wildman–Crippen LogP) is 3.77. The van der Waals surface area contributed by atoms with E-state index in [1.807, 2.05) is 31.2 Å². The largest absolute Gasteiger partial charge is 0.479 e. The van der Waals surface area contributed by atoms with Crippen LogP contribution in [-0.4, -0.2) is 53.2 Å². The van der Waals surface area contributed by atoms with Crippen LogP contribution in [0.5, 0.6) is 0 Å². The van der Waals surface area contributed by atoms with Gasteiger partial charge in [-0.05, 0) is 46.9 Å². The van der Waals surface area contributed by atoms with E-state index < -0.39 is 17.6 Å². The van der Waals surface area contributed by atoms with Crippen LogP contribution in [0.25, 0.3) is 11.1 Å². The van der Waals surface area contributed by atoms with Crippen molar-refractivity contribution in [2.45, 2.75) is 44.1 Å². The molecule has 7 heteroatoms. The van der Waals surface area contributed by atoms with Crippen molar-refractivity contribution in [3.05, 3.63) is 59.7 Å². The molecule has 2 aromatic rings. The van der Waals surface area contributed by atoms with Crippen LogP contribution >= 0.6 is 0 Å². The lowest BCUT2D eigenvalue weighted by atomic mass is 9.63. The Balaban J connectivity index is 1.09. The number of ether oxygens (including phenoxy) is 1. The van der Waals surface area contributed by atoms with E-state index in [1.54, 1.807) is 0 Å². The highest BCUT2D eigenvalue weighted by Gasteiger charge is 2.68. The summed E-state index contributed by atoms with van der Waals surface area (Å²) in [5, 5.41) is 12.3. The van der Waals surface area contributed by atoms with Crippen LogP contribution in [0, 0.1) is 5.41 Å². The molecule has 2 heterocycles. The number of carboxylic acid groups (broad SMARTS) is 1. The third-order valence-electron chi connectivity index (χ3n) is 7.37. The number of amides is 2. The molecule has 33 heavy (non-hydrogen) atoms. The minimum atomic E-state index is -1.02. The number of nitrogens with one attached hydrogen (secondary N) is 1. The normalized spacial score (nSPS) is 24.6. The minimum Gasteiger partial charge on any atom is -0.479 e. The first-order chi connectivity index (χ1) is 15.8. The zero-order chi connectivity index (χ0) is 23.2. The van der Waals surface area contributed by atoms with E-state index in [0.717, 1.165) is 11.1 Å². The van der Waals surface area contributed by atoms with E-state index in [1.165, 1.54) is 16.0 Å². The van der Waals surface area contributed by atoms with Crippen LogP contribution < -0.4 is 5.32 Å². The van der Waals surface area contributed by atoms with Gasteiger partial charge in [-0.1, -0.05) is 55.5 Å². The summed E-state index contributed by atoms with van der Waals surface area (Å²) in [5.74, 6) is -1.07. The number of carbonyl (C=O) groups is 3. The SMILES string of the molecule is CC12CN(C(=O)CCCNC(=O)OCC3c4ccccc4-c4ccccc43)C(C(=O)O)(C1)C2. The summed E-state index contributed by atoms with van der Waals surface area (Å²) in [6.45, 7) is 3.07. The summed E-state index contributed by atoms with van der Waals surface area (Å²) < 4.78 is 5.51. The van der Waals surface area contributed by atoms with Crippen molar-refractivity contribution in [3.8, 4) is 11.1 Å². The summed E-state index contributed by atoms with van der Waals surface area (Å²) in [5.41, 5.74) is 3.56. The van der Waals surface area contributed by atoms with Gasteiger partial charge in [0.05, 0.1) is 0 Å². The average Bonchev–Trinajstić information content (AvgIpc) is 3.39. The molecule has 0 aromatic heterocycles. The second-order valence-electron chi connectivity index (χ2n) is 9.84. The number of benzene rings is 2. The molecule has 2 N–H and O–H groups in total. The van der Waals surface area contributed by atoms with Crippen molar-refractivity contribution >= 4 is 18.0 Å². The van der Waals surface area contributed by atoms with E-state index in [-0.39, 0.29) is 30.3 Å². The monoisotopic (exact) mass is 448 g/mol. The fourth-order valence-corrected chi connectivity index (χ4v) is 6.00. The molecular formula is C26H28N2O5. The van der Waals surface area contributed by atoms with E-state index in [0.29, 0.717) is 32.4 Å². The summed E-state index contributed by atoms with van der Waals surface area (Å²) >= 11 is 0. The first kappa shape index (κ1) is 21.5. The maximum atomic E-state index is 12.6. The van der Waals surface area contributed by atoms with Crippen LogP contribution in [-0.2, 0) is 14.3 Å². The average molecular weight is 449 g/mol. The molecule has 2 amide bonds. The number of hydrogen-bond donors (Lipinski definition) is 2. The van der Waals surface area contributed by atoms with Gasteiger partial charge in [0.15, 0.2) is 0 Å². The van der Waals surface area contributed by atoms with Crippen molar-refractivity contribution in [3.63, 3.8) is 0 Å². The Bertz CT molecular complexity index is 1080. The Morgan fingerprint density at radius 1 is 1.06 bits per heavy atom. The van der Waals surface area contributed by atoms with Gasteiger partial charge in [-0.3, -0.25) is 4.79 Å². The Kier molecular flexibility index (Phi) is 5.15. The Morgan fingerprint density at radius 3 is 2.27 bits per heavy atom. The highest BCUT2D eigenvalue weighted by Crippen LogP contribution is 2.59. The van der Waals surface area contributed by atoms with Crippen molar-refractivity contribution in [2.75, 3.05) is 19.7 Å². The van der Waals surface area contributed by atoms with E-state index in [2.05, 4.69) is 29.6 Å². The molecule has 2 aliphatic heterocycles. The maximum Gasteiger partial charge on any atom is 0.407 e. The number of aliphatic carboxylic acids is 1. The molecule has 2 saturated heterocycles. The van der Waals surface area contributed by atoms with Gasteiger partial charge in [0.1, 0.15) is 12.1 Å². The van der Waals surface area contributed by atoms with Crippen molar-refractivity contribution in [2.24, 2.45) is 5.41 Å². The van der Waals surface area contributed by atoms with E-state index in [9.17, 15) is 19.5 Å². The Labute approximate surface area is 192 Å². The summed E-state index contributed by atoms with van der Waals surface area (Å²) in [7, 11) is 0. The standard InChI is InChI=1S/C26H28N2O5/c1-25-14-26(15-25,23(30)31)28(16-25)22(29)11-6-12-27-24(32)33-13-21-19-9-4-2-7-17(19)18-8-3-5-10-20(18)21/h2-5,7-10,21H,6,11-16H2,1H3,(H,27,32)(H,30,31). The molecule has 6 rings (SSSR count). The molecular weight excluding hydrogens is 420 g/mol. The van der Waals surface area contributed by atoms with Crippen molar-refractivity contribution in [1.82, 2.24) is 10.2 Å². The lowest BCUT2D eigenvalue weighted by Crippen LogP contribution is -2.56. The summed E-state index contributed by atoms with van der Waals surface area (Å²) in [4.78, 5) is 38.1. The Hall–Kier alpha value is -3.35. The number of carbonyl (C=O) groups excluding carboxylic acids is 2. The zero-order valence-electron chi connectivity index (χ0n) is 18.7. The molecule has 2 aromatic carbocycles. The van der Waals surface area contributed by atoms with Crippen LogP contribution in [0.15, 0.2) is 48.5 Å². The van der Waals surface area contributed by atoms with Gasteiger partial charge in [-0.25, -0.2) is 9.59 Å². The fraction of sp³-hybridized carbons (Fsp3) is 0.423. The maximum absolute atomic E-state index is 12.6. The predicted molar refractivity (Wildman–Crippen MR) is 122 cm³/mol. The number of carboxylic acids is 1. The molecule has 0 unspecified atom stereocenters. The highest BCUT2D eigenvalue weighted by molar-refractivity contribution is 5.90. The van der Waals surface area contributed by atoms with E-state index in [4.69, 9.17) is 4.74 Å². The van der Waals surface area contributed by atoms with Crippen LogP contribution in [0.2, 0.25) is 0 Å². The van der Waals surface area contributed by atoms with Gasteiger partial charge in [-0.15, -0.1) is 0 Å². The first-order valence-corrected chi connectivity index (χ1v) is 11.5. The third kappa shape index (κ3) is 3.56. The molecule has 7 nitrogen and oxygen atoms in total. The Morgan fingerprint density at radius 2 is 1.67 bits per heavy atom. The first-order valence-electron chi connectivity index (χ1n) is 11.5. The molecule has 0 spiro atoms. The lowest BCUT2D eigenvalue weighted by molar-refractivity contribution is -0.160. The molecule has 2 aliphatic carbocycles. The number of fused-ring (bicyclic) bond motifs is 4. The summed E-state index contributed by atoms with van der Waals surface area (Å²) in [6, 6.07) is 16.3. The van der Waals surface area contributed by atoms with Gasteiger partial charge in [0.25, 0.3) is 0 Å². The molecule has 0 radical (unpaired) electrons. The van der Waals surface area contributed by atoms with Crippen molar-refractivity contribution in [1.29, 1.82) is 0 Å². The third-order valence-corrected chi connectivity index (χ3v) is 7.37. The topological polar surface area (TPSA) is 95.9 Å². The van der Waals surface area contributed by atoms with Gasteiger partial charge < -0.3 is 20.1 Å². The lowest BCUT2D eigenvalue weighted by Gasteiger charge is -2.42. The van der Waals surface area contributed by atoms with E-state index >= 15 is 0 Å². The quantitative estimate of drug-likeness (QED) is 0.629. The number of hydrogen-bond acceptors (Lipinski definition) is 4. The molecule has 3 fully saturated rings. The minimum absolute atomic E-state index is 0.0000417. The second-order valence-corrected chi connectivity index (χ2v) is 9.84. The van der Waals surface area contributed by atoms with Crippen LogP contribution in [0.4, 0.5) is 4.79 Å². The van der Waals surface area contributed by atoms with Crippen LogP contribution in [0.1, 0.15) is 49.7 Å². The van der Waals surface area contributed by atoms with Gasteiger partial charge >= 0.3 is 12.1 Å². The van der Waals surface area contributed by atoms with Crippen LogP contribution in [0.3, 0.4) is 0 Å². The number of alkyl carbamates (subject to hydrolysis) is 1. The second kappa shape index (κ2) is 7.90. The molecule has 4 aliphatic rings. The van der Waals surface area contributed by atoms with Crippen molar-refractivity contribution < 1.29 is 24.2 Å². The summed E-state index contributed by atoms with van der Waals surface area (Å²) in [6.07, 6.45) is 1.18.